The Bertz CT molecular complexity index is 525. The van der Waals surface area contributed by atoms with Gasteiger partial charge in [-0.3, -0.25) is 5.14 Å². The third kappa shape index (κ3) is 5.82. The van der Waals surface area contributed by atoms with Gasteiger partial charge >= 0.3 is 0 Å². The molecular formula is C14H23N3O3S3. The van der Waals surface area contributed by atoms with Crippen LogP contribution in [-0.2, 0) is 4.84 Å². The van der Waals surface area contributed by atoms with E-state index in [1.54, 1.807) is 23.1 Å². The van der Waals surface area contributed by atoms with Crippen LogP contribution in [0, 0.1) is 16.0 Å². The second kappa shape index (κ2) is 9.12. The summed E-state index contributed by atoms with van der Waals surface area (Å²) in [6, 6.07) is 2.47. The van der Waals surface area contributed by atoms with Gasteiger partial charge in [-0.05, 0) is 55.3 Å². The van der Waals surface area contributed by atoms with Gasteiger partial charge in [-0.25, -0.2) is 0 Å². The van der Waals surface area contributed by atoms with Crippen molar-refractivity contribution in [2.24, 2.45) is 11.1 Å². The number of hydrogen-bond donors (Lipinski definition) is 2. The van der Waals surface area contributed by atoms with Gasteiger partial charge in [0, 0.05) is 11.3 Å². The van der Waals surface area contributed by atoms with Gasteiger partial charge in [0.05, 0.1) is 15.0 Å². The fourth-order valence-corrected chi connectivity index (χ4v) is 6.02. The molecule has 0 saturated heterocycles. The SMILES string of the molecule is CC(C)CCNC1CC(CCO[N+](=O)[O-])Sc2sc(SN)cc21. The molecule has 2 heterocycles. The number of fused-ring (bicyclic) bond motifs is 1. The molecule has 0 saturated carbocycles. The van der Waals surface area contributed by atoms with Gasteiger partial charge < -0.3 is 10.2 Å². The van der Waals surface area contributed by atoms with Crippen LogP contribution in [0.1, 0.15) is 44.7 Å². The standard InChI is InChI=1S/C14H23N3O3S3/c1-9(2)3-5-16-12-7-10(4-6-20-17(18)19)21-14-11(12)8-13(22-14)23-15/h8-10,12,16H,3-7,15H2,1-2H3. The largest absolute Gasteiger partial charge is 0.314 e. The van der Waals surface area contributed by atoms with E-state index >= 15 is 0 Å². The van der Waals surface area contributed by atoms with Gasteiger partial charge in [-0.2, -0.15) is 0 Å². The van der Waals surface area contributed by atoms with Crippen LogP contribution in [0.5, 0.6) is 0 Å². The number of rotatable bonds is 9. The maximum Gasteiger partial charge on any atom is 0.294 e. The van der Waals surface area contributed by atoms with E-state index in [2.05, 4.69) is 30.1 Å². The first-order chi connectivity index (χ1) is 11.0. The van der Waals surface area contributed by atoms with Crippen molar-refractivity contribution < 1.29 is 9.92 Å². The molecule has 9 heteroatoms. The Balaban J connectivity index is 2.00. The normalized spacial score (nSPS) is 20.5. The van der Waals surface area contributed by atoms with Crippen LogP contribution in [0.25, 0.3) is 0 Å². The van der Waals surface area contributed by atoms with E-state index in [1.807, 2.05) is 0 Å². The maximum absolute atomic E-state index is 10.3. The lowest BCUT2D eigenvalue weighted by atomic mass is 10.0. The molecule has 0 amide bonds. The van der Waals surface area contributed by atoms with Crippen LogP contribution in [-0.4, -0.2) is 23.5 Å². The first-order valence-electron chi connectivity index (χ1n) is 7.67. The fraction of sp³-hybridized carbons (Fsp3) is 0.714. The van der Waals surface area contributed by atoms with Crippen molar-refractivity contribution in [3.8, 4) is 0 Å². The molecule has 23 heavy (non-hydrogen) atoms. The summed E-state index contributed by atoms with van der Waals surface area (Å²) < 4.78 is 2.39. The first kappa shape index (κ1) is 18.9. The quantitative estimate of drug-likeness (QED) is 0.384. The van der Waals surface area contributed by atoms with Gasteiger partial charge in [-0.15, -0.1) is 33.2 Å². The predicted octanol–water partition coefficient (Wildman–Crippen LogP) is 3.85. The van der Waals surface area contributed by atoms with Gasteiger partial charge in [0.25, 0.3) is 5.09 Å². The molecule has 0 fully saturated rings. The zero-order valence-electron chi connectivity index (χ0n) is 13.3. The Kier molecular flexibility index (Phi) is 7.48. The second-order valence-electron chi connectivity index (χ2n) is 5.94. The van der Waals surface area contributed by atoms with Crippen molar-refractivity contribution in [3.05, 3.63) is 21.7 Å². The van der Waals surface area contributed by atoms with Crippen molar-refractivity contribution in [3.63, 3.8) is 0 Å². The molecule has 1 aliphatic rings. The first-order valence-corrected chi connectivity index (χ1v) is 10.2. The Morgan fingerprint density at radius 2 is 2.39 bits per heavy atom. The highest BCUT2D eigenvalue weighted by atomic mass is 32.2. The second-order valence-corrected chi connectivity index (χ2v) is 9.49. The highest BCUT2D eigenvalue weighted by Gasteiger charge is 2.29. The lowest BCUT2D eigenvalue weighted by Crippen LogP contribution is -2.29. The van der Waals surface area contributed by atoms with Gasteiger partial charge in [0.2, 0.25) is 0 Å². The fourth-order valence-electron chi connectivity index (χ4n) is 2.52. The van der Waals surface area contributed by atoms with Crippen molar-refractivity contribution in [2.75, 3.05) is 13.2 Å². The molecule has 1 aromatic rings. The van der Waals surface area contributed by atoms with Crippen molar-refractivity contribution in [1.82, 2.24) is 5.32 Å². The third-order valence-corrected chi connectivity index (χ3v) is 7.09. The Morgan fingerprint density at radius 3 is 3.04 bits per heavy atom. The van der Waals surface area contributed by atoms with Crippen LogP contribution < -0.4 is 10.5 Å². The van der Waals surface area contributed by atoms with Crippen molar-refractivity contribution in [1.29, 1.82) is 0 Å². The molecule has 1 aliphatic heterocycles. The van der Waals surface area contributed by atoms with Crippen LogP contribution in [0.3, 0.4) is 0 Å². The number of thiophene rings is 1. The van der Waals surface area contributed by atoms with Gasteiger partial charge in [0.1, 0.15) is 0 Å². The summed E-state index contributed by atoms with van der Waals surface area (Å²) in [4.78, 5) is 14.8. The highest BCUT2D eigenvalue weighted by molar-refractivity contribution is 8.03. The molecule has 2 unspecified atom stereocenters. The smallest absolute Gasteiger partial charge is 0.294 e. The monoisotopic (exact) mass is 377 g/mol. The molecule has 130 valence electrons. The molecule has 0 spiro atoms. The van der Waals surface area contributed by atoms with Gasteiger partial charge in [-0.1, -0.05) is 13.8 Å². The maximum atomic E-state index is 10.3. The Morgan fingerprint density at radius 1 is 1.61 bits per heavy atom. The molecule has 0 aliphatic carbocycles. The van der Waals surface area contributed by atoms with E-state index < -0.39 is 5.09 Å². The molecule has 6 nitrogen and oxygen atoms in total. The molecule has 2 atom stereocenters. The average Bonchev–Trinajstić information content (AvgIpc) is 2.89. The van der Waals surface area contributed by atoms with Crippen LogP contribution in [0.15, 0.2) is 14.5 Å². The average molecular weight is 378 g/mol. The van der Waals surface area contributed by atoms with E-state index in [4.69, 9.17) is 5.14 Å². The van der Waals surface area contributed by atoms with Crippen molar-refractivity contribution in [2.45, 2.75) is 52.8 Å². The lowest BCUT2D eigenvalue weighted by Gasteiger charge is -2.29. The summed E-state index contributed by atoms with van der Waals surface area (Å²) in [6.07, 6.45) is 2.77. The summed E-state index contributed by atoms with van der Waals surface area (Å²) in [5, 5.41) is 19.3. The van der Waals surface area contributed by atoms with Crippen molar-refractivity contribution >= 4 is 35.0 Å². The molecule has 0 aromatic carbocycles. The summed E-state index contributed by atoms with van der Waals surface area (Å²) in [6.45, 7) is 5.57. The molecule has 2 rings (SSSR count). The Hall–Kier alpha value is -0.480. The van der Waals surface area contributed by atoms with Crippen LogP contribution in [0.4, 0.5) is 0 Å². The van der Waals surface area contributed by atoms with E-state index in [-0.39, 0.29) is 6.61 Å². The molecule has 1 aromatic heterocycles. The molecule has 0 radical (unpaired) electrons. The summed E-state index contributed by atoms with van der Waals surface area (Å²) in [5.74, 6) is 0.668. The summed E-state index contributed by atoms with van der Waals surface area (Å²) >= 11 is 4.78. The number of nitrogens with zero attached hydrogens (tertiary/aromatic N) is 1. The third-order valence-electron chi connectivity index (χ3n) is 3.72. The number of nitrogens with two attached hydrogens (primary N) is 1. The predicted molar refractivity (Wildman–Crippen MR) is 96.4 cm³/mol. The molecular weight excluding hydrogens is 354 g/mol. The van der Waals surface area contributed by atoms with Gasteiger partial charge in [0.15, 0.2) is 0 Å². The minimum atomic E-state index is -0.717. The summed E-state index contributed by atoms with van der Waals surface area (Å²) in [7, 11) is 0. The molecule has 3 N–H and O–H groups in total. The minimum absolute atomic E-state index is 0.155. The minimum Gasteiger partial charge on any atom is -0.314 e. The van der Waals surface area contributed by atoms with E-state index in [0.29, 0.717) is 23.6 Å². The zero-order chi connectivity index (χ0) is 16.8. The highest BCUT2D eigenvalue weighted by Crippen LogP contribution is 2.47. The van der Waals surface area contributed by atoms with Crippen LogP contribution in [0.2, 0.25) is 0 Å². The van der Waals surface area contributed by atoms with E-state index in [1.165, 1.54) is 21.7 Å². The zero-order valence-corrected chi connectivity index (χ0v) is 15.8. The molecule has 0 bridgehead atoms. The number of thioether (sulfide) groups is 1. The lowest BCUT2D eigenvalue weighted by molar-refractivity contribution is -0.757. The number of nitrogens with one attached hydrogen (secondary N) is 1. The Labute approximate surface area is 149 Å². The van der Waals surface area contributed by atoms with Crippen LogP contribution >= 0.6 is 35.0 Å². The number of hydrogen-bond acceptors (Lipinski definition) is 8. The summed E-state index contributed by atoms with van der Waals surface area (Å²) in [5.41, 5.74) is 1.32. The van der Waals surface area contributed by atoms with E-state index in [0.717, 1.165) is 23.6 Å². The topological polar surface area (TPSA) is 90.4 Å². The van der Waals surface area contributed by atoms with E-state index in [9.17, 15) is 10.1 Å².